The number of halogens is 3. The molecule has 1 heterocycles. The summed E-state index contributed by atoms with van der Waals surface area (Å²) in [4.78, 5) is 11.2. The van der Waals surface area contributed by atoms with E-state index >= 15 is 0 Å². The fourth-order valence-corrected chi connectivity index (χ4v) is 3.14. The molecule has 2 atom stereocenters. The molecule has 0 aromatic heterocycles. The Bertz CT molecular complexity index is 522. The highest BCUT2D eigenvalue weighted by Gasteiger charge is 2.30. The minimum absolute atomic E-state index is 0.00507. The molecule has 0 bridgehead atoms. The molecule has 1 fully saturated rings. The number of hydrogen-bond acceptors (Lipinski definition) is 3. The van der Waals surface area contributed by atoms with Gasteiger partial charge in [-0.05, 0) is 25.3 Å². The van der Waals surface area contributed by atoms with Gasteiger partial charge in [0, 0.05) is 11.6 Å². The van der Waals surface area contributed by atoms with Gasteiger partial charge in [-0.2, -0.15) is 0 Å². The van der Waals surface area contributed by atoms with Crippen molar-refractivity contribution in [2.75, 3.05) is 6.54 Å². The van der Waals surface area contributed by atoms with Crippen molar-refractivity contribution in [2.45, 2.75) is 24.8 Å². The molecule has 1 aliphatic rings. The number of amides is 1. The Balaban J connectivity index is 2.36. The monoisotopic (exact) mass is 322 g/mol. The molecule has 0 saturated carbocycles. The SMILES string of the molecule is NC(=O)[C@H]1C[C@@H](c2c(O)cc(Cl)c(Cl)c2Cl)CCN1. The number of carbonyl (C=O) groups is 1. The van der Waals surface area contributed by atoms with Gasteiger partial charge in [0.25, 0.3) is 0 Å². The molecule has 104 valence electrons. The molecule has 4 nitrogen and oxygen atoms in total. The van der Waals surface area contributed by atoms with Gasteiger partial charge in [0.15, 0.2) is 0 Å². The van der Waals surface area contributed by atoms with E-state index in [-0.39, 0.29) is 26.7 Å². The van der Waals surface area contributed by atoms with Crippen LogP contribution < -0.4 is 11.1 Å². The van der Waals surface area contributed by atoms with Crippen LogP contribution in [0.4, 0.5) is 0 Å². The number of phenolic OH excluding ortho intramolecular Hbond substituents is 1. The summed E-state index contributed by atoms with van der Waals surface area (Å²) in [6.07, 6.45) is 1.20. The lowest BCUT2D eigenvalue weighted by atomic mass is 9.85. The van der Waals surface area contributed by atoms with Gasteiger partial charge in [0.2, 0.25) is 5.91 Å². The van der Waals surface area contributed by atoms with Crippen molar-refractivity contribution in [2.24, 2.45) is 5.73 Å². The normalized spacial score (nSPS) is 23.3. The molecular weight excluding hydrogens is 311 g/mol. The second-order valence-electron chi connectivity index (χ2n) is 4.55. The van der Waals surface area contributed by atoms with Gasteiger partial charge in [-0.25, -0.2) is 0 Å². The van der Waals surface area contributed by atoms with Crippen LogP contribution in [0.2, 0.25) is 15.1 Å². The molecule has 1 aliphatic heterocycles. The highest BCUT2D eigenvalue weighted by Crippen LogP contribution is 2.44. The zero-order valence-corrected chi connectivity index (χ0v) is 12.2. The summed E-state index contributed by atoms with van der Waals surface area (Å²) in [5.74, 6) is -0.504. The Labute approximate surface area is 125 Å². The first-order valence-corrected chi connectivity index (χ1v) is 6.94. The molecule has 1 aromatic rings. The highest BCUT2D eigenvalue weighted by atomic mass is 35.5. The standard InChI is InChI=1S/C12H13Cl3N2O2/c13-6-4-8(18)9(11(15)10(6)14)5-1-2-17-7(3-5)12(16)19/h4-5,7,17-18H,1-3H2,(H2,16,19)/t5-,7+/m0/s1. The van der Waals surface area contributed by atoms with E-state index in [4.69, 9.17) is 40.5 Å². The summed E-state index contributed by atoms with van der Waals surface area (Å²) < 4.78 is 0. The molecule has 1 saturated heterocycles. The third-order valence-electron chi connectivity index (χ3n) is 3.33. The quantitative estimate of drug-likeness (QED) is 0.732. The van der Waals surface area contributed by atoms with Gasteiger partial charge in [-0.3, -0.25) is 4.79 Å². The first kappa shape index (κ1) is 14.7. The van der Waals surface area contributed by atoms with Gasteiger partial charge in [0.05, 0.1) is 21.1 Å². The average molecular weight is 324 g/mol. The number of carbonyl (C=O) groups excluding carboxylic acids is 1. The molecule has 1 aromatic carbocycles. The number of aromatic hydroxyl groups is 1. The van der Waals surface area contributed by atoms with Gasteiger partial charge >= 0.3 is 0 Å². The van der Waals surface area contributed by atoms with Crippen molar-refractivity contribution >= 4 is 40.7 Å². The number of benzene rings is 1. The van der Waals surface area contributed by atoms with E-state index in [0.717, 1.165) is 6.42 Å². The van der Waals surface area contributed by atoms with Crippen LogP contribution in [0.5, 0.6) is 5.75 Å². The zero-order valence-electron chi connectivity index (χ0n) is 9.92. The lowest BCUT2D eigenvalue weighted by molar-refractivity contribution is -0.120. The van der Waals surface area contributed by atoms with Crippen LogP contribution in [0.15, 0.2) is 6.07 Å². The maximum absolute atomic E-state index is 11.2. The Hall–Kier alpha value is -0.680. The van der Waals surface area contributed by atoms with E-state index in [9.17, 15) is 9.90 Å². The molecule has 4 N–H and O–H groups in total. The van der Waals surface area contributed by atoms with Crippen molar-refractivity contribution in [3.05, 3.63) is 26.7 Å². The lowest BCUT2D eigenvalue weighted by Gasteiger charge is -2.30. The second kappa shape index (κ2) is 5.75. The molecule has 7 heteroatoms. The maximum atomic E-state index is 11.2. The molecule has 2 rings (SSSR count). The van der Waals surface area contributed by atoms with Gasteiger partial charge in [0.1, 0.15) is 5.75 Å². The number of rotatable bonds is 2. The van der Waals surface area contributed by atoms with E-state index in [1.807, 2.05) is 0 Å². The van der Waals surface area contributed by atoms with Gasteiger partial charge in [-0.1, -0.05) is 34.8 Å². The summed E-state index contributed by atoms with van der Waals surface area (Å²) in [6.45, 7) is 0.619. The van der Waals surface area contributed by atoms with E-state index in [1.54, 1.807) is 0 Å². The average Bonchev–Trinajstić information content (AvgIpc) is 2.36. The predicted molar refractivity (Wildman–Crippen MR) is 76.1 cm³/mol. The summed E-state index contributed by atoms with van der Waals surface area (Å²) in [7, 11) is 0. The van der Waals surface area contributed by atoms with E-state index in [0.29, 0.717) is 18.5 Å². The fraction of sp³-hybridized carbons (Fsp3) is 0.417. The minimum atomic E-state index is -0.427. The Morgan fingerprint density at radius 1 is 1.37 bits per heavy atom. The van der Waals surface area contributed by atoms with Crippen LogP contribution in [-0.2, 0) is 4.79 Å². The third-order valence-corrected chi connectivity index (χ3v) is 4.61. The van der Waals surface area contributed by atoms with Crippen LogP contribution in [-0.4, -0.2) is 23.6 Å². The topological polar surface area (TPSA) is 75.4 Å². The first-order chi connectivity index (χ1) is 8.91. The fourth-order valence-electron chi connectivity index (χ4n) is 2.38. The summed E-state index contributed by atoms with van der Waals surface area (Å²) >= 11 is 18.0. The summed E-state index contributed by atoms with van der Waals surface area (Å²) in [5, 5.41) is 13.7. The van der Waals surface area contributed by atoms with Crippen molar-refractivity contribution in [1.29, 1.82) is 0 Å². The van der Waals surface area contributed by atoms with Crippen molar-refractivity contribution in [3.8, 4) is 5.75 Å². The zero-order chi connectivity index (χ0) is 14.2. The van der Waals surface area contributed by atoms with E-state index < -0.39 is 11.9 Å². The first-order valence-electron chi connectivity index (χ1n) is 5.81. The Morgan fingerprint density at radius 3 is 2.68 bits per heavy atom. The summed E-state index contributed by atoms with van der Waals surface area (Å²) in [6, 6.07) is 0.940. The van der Waals surface area contributed by atoms with Crippen LogP contribution in [0, 0.1) is 0 Å². The maximum Gasteiger partial charge on any atom is 0.234 e. The highest BCUT2D eigenvalue weighted by molar-refractivity contribution is 6.48. The Morgan fingerprint density at radius 2 is 2.05 bits per heavy atom. The van der Waals surface area contributed by atoms with Crippen LogP contribution >= 0.6 is 34.8 Å². The third kappa shape index (κ3) is 2.92. The van der Waals surface area contributed by atoms with E-state index in [1.165, 1.54) is 6.07 Å². The minimum Gasteiger partial charge on any atom is -0.508 e. The van der Waals surface area contributed by atoms with Crippen LogP contribution in [0.25, 0.3) is 0 Å². The van der Waals surface area contributed by atoms with Gasteiger partial charge in [-0.15, -0.1) is 0 Å². The van der Waals surface area contributed by atoms with Crippen LogP contribution in [0.1, 0.15) is 24.3 Å². The van der Waals surface area contributed by atoms with Crippen molar-refractivity contribution in [1.82, 2.24) is 5.32 Å². The smallest absolute Gasteiger partial charge is 0.234 e. The van der Waals surface area contributed by atoms with E-state index in [2.05, 4.69) is 5.32 Å². The number of nitrogens with two attached hydrogens (primary N) is 1. The molecule has 19 heavy (non-hydrogen) atoms. The largest absolute Gasteiger partial charge is 0.508 e. The van der Waals surface area contributed by atoms with Crippen LogP contribution in [0.3, 0.4) is 0 Å². The molecule has 0 aliphatic carbocycles. The number of phenols is 1. The Kier molecular flexibility index (Phi) is 4.46. The molecule has 1 amide bonds. The number of piperidine rings is 1. The molecule has 0 unspecified atom stereocenters. The number of primary amides is 1. The second-order valence-corrected chi connectivity index (χ2v) is 5.71. The lowest BCUT2D eigenvalue weighted by Crippen LogP contribution is -2.46. The van der Waals surface area contributed by atoms with Crippen molar-refractivity contribution in [3.63, 3.8) is 0 Å². The molecule has 0 spiro atoms. The molecular formula is C12H13Cl3N2O2. The predicted octanol–water partition coefficient (Wildman–Crippen LogP) is 2.67. The number of hydrogen-bond donors (Lipinski definition) is 3. The number of nitrogens with one attached hydrogen (secondary N) is 1. The molecule has 0 radical (unpaired) electrons. The summed E-state index contributed by atoms with van der Waals surface area (Å²) in [5.41, 5.74) is 5.82. The van der Waals surface area contributed by atoms with Gasteiger partial charge < -0.3 is 16.2 Å². The van der Waals surface area contributed by atoms with Crippen molar-refractivity contribution < 1.29 is 9.90 Å².